The summed E-state index contributed by atoms with van der Waals surface area (Å²) in [6.45, 7) is 15.2. The molecule has 4 aromatic carbocycles. The highest BCUT2D eigenvalue weighted by Gasteiger charge is 2.18. The molecule has 0 unspecified atom stereocenters. The molecule has 128 heavy (non-hydrogen) atoms. The summed E-state index contributed by atoms with van der Waals surface area (Å²) < 4.78 is 287. The first-order chi connectivity index (χ1) is 59.5. The van der Waals surface area contributed by atoms with Crippen molar-refractivity contribution < 1.29 is 128 Å². The van der Waals surface area contributed by atoms with Gasteiger partial charge in [-0.2, -0.15) is 125 Å². The molecule has 706 valence electrons. The van der Waals surface area contributed by atoms with Crippen LogP contribution in [0.1, 0.15) is 63.7 Å². The largest absolute Gasteiger partial charge is 0.425 e. The second-order valence-corrected chi connectivity index (χ2v) is 33.3. The van der Waals surface area contributed by atoms with Crippen LogP contribution in [0.25, 0.3) is 0 Å². The van der Waals surface area contributed by atoms with Gasteiger partial charge in [0.2, 0.25) is 59.5 Å². The minimum Gasteiger partial charge on any atom is -0.368 e. The molecule has 70 heteroatoms. The minimum atomic E-state index is -4.27. The van der Waals surface area contributed by atoms with Gasteiger partial charge in [-0.1, -0.05) is 58.9 Å². The van der Waals surface area contributed by atoms with Gasteiger partial charge in [0.1, 0.15) is 29.1 Å². The first-order valence-electron chi connectivity index (χ1n) is 34.7. The third-order valence-electron chi connectivity index (χ3n) is 13.0. The molecule has 0 aliphatic rings. The monoisotopic (exact) mass is 2000 g/mol. The number of anilines is 14. The zero-order valence-corrected chi connectivity index (χ0v) is 74.9. The Labute approximate surface area is 735 Å². The second-order valence-electron chi connectivity index (χ2n) is 22.8. The molecule has 0 bridgehead atoms. The highest BCUT2D eigenvalue weighted by Crippen LogP contribution is 2.23. The van der Waals surface area contributed by atoms with Crippen molar-refractivity contribution in [2.24, 2.45) is 0 Å². The van der Waals surface area contributed by atoms with E-state index in [4.69, 9.17) is 101 Å². The molecule has 25 N–H and O–H groups in total. The van der Waals surface area contributed by atoms with E-state index in [1.165, 1.54) is 72.8 Å². The van der Waals surface area contributed by atoms with Gasteiger partial charge in [0, 0.05) is 35.8 Å². The van der Waals surface area contributed by atoms with E-state index in [-0.39, 0.29) is 92.2 Å². The first-order valence-corrected chi connectivity index (χ1v) is 47.7. The van der Waals surface area contributed by atoms with Crippen molar-refractivity contribution in [2.75, 3.05) is 112 Å². The molecule has 60 nitrogen and oxygen atoms in total. The average Bonchev–Trinajstić information content (AvgIpc) is 0.651. The lowest BCUT2D eigenvalue weighted by molar-refractivity contribution is 0.481. The van der Waals surface area contributed by atoms with Crippen molar-refractivity contribution in [2.45, 2.75) is 86.9 Å². The second kappa shape index (κ2) is 57.4. The van der Waals surface area contributed by atoms with Gasteiger partial charge in [-0.25, -0.2) is 0 Å². The van der Waals surface area contributed by atoms with Gasteiger partial charge in [0.25, 0.3) is 60.7 Å². The Hall–Kier alpha value is -12.3. The molecule has 0 radical (unpaired) electrons. The van der Waals surface area contributed by atoms with E-state index in [1.54, 1.807) is 24.3 Å². The van der Waals surface area contributed by atoms with Crippen molar-refractivity contribution in [1.29, 1.82) is 0 Å². The summed E-state index contributed by atoms with van der Waals surface area (Å²) >= 11 is 0. The summed E-state index contributed by atoms with van der Waals surface area (Å²) in [5.74, 6) is 2.24. The maximum atomic E-state index is 11.1. The van der Waals surface area contributed by atoms with Gasteiger partial charge < -0.3 is 81.4 Å². The molecule has 5 heterocycles. The van der Waals surface area contributed by atoms with Gasteiger partial charge in [-0.15, -0.1) is 50.5 Å². The van der Waals surface area contributed by atoms with Gasteiger partial charge in [-0.3, -0.25) is 27.3 Å². The van der Waals surface area contributed by atoms with Crippen molar-refractivity contribution in [3.8, 4) is 0 Å². The molecule has 0 amide bonds. The van der Waals surface area contributed by atoms with Crippen LogP contribution in [0.15, 0.2) is 117 Å². The predicted molar refractivity (Wildman–Crippen MR) is 450 cm³/mol. The highest BCUT2D eigenvalue weighted by molar-refractivity contribution is 7.87. The summed E-state index contributed by atoms with van der Waals surface area (Å²) in [4.78, 5) is 59.5. The molecule has 0 aliphatic heterocycles. The number of nitrogens with zero attached hydrogens (tertiary/aromatic N) is 15. The van der Waals surface area contributed by atoms with Crippen LogP contribution in [0.3, 0.4) is 0 Å². The number of rotatable bonds is 35. The third kappa shape index (κ3) is 55.2. The molecule has 0 saturated carbocycles. The lowest BCUT2D eigenvalue weighted by atomic mass is 10.3. The van der Waals surface area contributed by atoms with Gasteiger partial charge >= 0.3 is 42.4 Å². The van der Waals surface area contributed by atoms with Crippen molar-refractivity contribution >= 4 is 185 Å². The Bertz CT molecular complexity index is 5660. The van der Waals surface area contributed by atoms with E-state index >= 15 is 0 Å². The summed E-state index contributed by atoms with van der Waals surface area (Å²) in [6.07, 6.45) is 0. The standard InChI is InChI=1S/4C12H16N6O3S.C10H20N6O6S2.4O3S/c4*1-2-14-7-10-16-11(13)18-12(17-10)15-8-4-3-5-9(6-8)22(19,20)21;1-2-11-7-8-14-9(12-3-5-23(17,18)19)16-10(15-8)13-4-6-24(20,21)22;4*1-4(2)3/h4*3-6,14H,2,7H2,1H3,(H,19,20,21)(H3,13,15,16,17,18);11H,2-7H2,1H3,(H,17,18,19)(H,20,21,22)(H2,12,13,14,15,16);;;;. The van der Waals surface area contributed by atoms with Crippen LogP contribution in [-0.4, -0.2) is 260 Å². The number of hydrogen-bond donors (Lipinski definition) is 21. The van der Waals surface area contributed by atoms with Crippen LogP contribution in [0.5, 0.6) is 0 Å². The molecule has 9 rings (SSSR count). The van der Waals surface area contributed by atoms with E-state index in [0.29, 0.717) is 91.1 Å². The Morgan fingerprint density at radius 3 is 0.625 bits per heavy atom. The number of benzene rings is 4. The Balaban J connectivity index is 0.000000765. The van der Waals surface area contributed by atoms with E-state index in [2.05, 4.69) is 133 Å². The quantitative estimate of drug-likeness (QED) is 0.0174. The van der Waals surface area contributed by atoms with Crippen LogP contribution in [0.2, 0.25) is 0 Å². The summed E-state index contributed by atoms with van der Waals surface area (Å²) in [6, 6.07) is 22.5. The molecule has 0 fully saturated rings. The molecule has 0 saturated heterocycles. The van der Waals surface area contributed by atoms with E-state index < -0.39 is 115 Å². The average molecular weight is 2000 g/mol. The molecule has 5 aromatic heterocycles. The smallest absolute Gasteiger partial charge is 0.368 e. The number of aromatic nitrogens is 15. The van der Waals surface area contributed by atoms with Crippen LogP contribution in [0, 0.1) is 0 Å². The van der Waals surface area contributed by atoms with E-state index in [9.17, 15) is 50.5 Å². The Morgan fingerprint density at radius 2 is 0.453 bits per heavy atom. The molecular formula is C58H84N30O30S10. The Kier molecular flexibility index (Phi) is 51.0. The fraction of sp³-hybridized carbons (Fsp3) is 0.328. The van der Waals surface area contributed by atoms with Crippen molar-refractivity contribution in [3.63, 3.8) is 0 Å². The topological polar surface area (TPSA) is 961 Å². The van der Waals surface area contributed by atoms with Crippen LogP contribution in [-0.2, 0) is 136 Å². The summed E-state index contributed by atoms with van der Waals surface area (Å²) in [5.41, 5.74) is 24.1. The zero-order valence-electron chi connectivity index (χ0n) is 66.7. The summed E-state index contributed by atoms with van der Waals surface area (Å²) in [5, 5.41) is 31.8. The van der Waals surface area contributed by atoms with Crippen LogP contribution >= 0.6 is 0 Å². The number of hydrogen-bond acceptors (Lipinski definition) is 54. The maximum Gasteiger partial charge on any atom is 0.425 e. The highest BCUT2D eigenvalue weighted by atomic mass is 32.2. The maximum absolute atomic E-state index is 11.1. The van der Waals surface area contributed by atoms with Crippen molar-refractivity contribution in [3.05, 3.63) is 126 Å². The molecule has 0 spiro atoms. The lowest BCUT2D eigenvalue weighted by Gasteiger charge is -2.10. The number of nitrogens with one attached hydrogen (secondary N) is 11. The van der Waals surface area contributed by atoms with E-state index in [1.807, 2.05) is 34.6 Å². The normalized spacial score (nSPS) is 10.8. The van der Waals surface area contributed by atoms with Gasteiger partial charge in [-0.05, 0) is 106 Å². The molecule has 0 aliphatic carbocycles. The lowest BCUT2D eigenvalue weighted by Crippen LogP contribution is -2.21. The molecular weight excluding hydrogens is 1920 g/mol. The fourth-order valence-corrected chi connectivity index (χ4v) is 11.0. The molecule has 0 atom stereocenters. The Morgan fingerprint density at radius 1 is 0.273 bits per heavy atom. The zero-order chi connectivity index (χ0) is 97.2. The van der Waals surface area contributed by atoms with Gasteiger partial charge in [0.05, 0.1) is 63.8 Å². The minimum absolute atomic E-state index is 0.0522. The SMILES string of the molecule is CCNCc1nc(N)nc(Nc2cccc(S(=O)(=O)O)c2)n1.CCNCc1nc(N)nc(Nc2cccc(S(=O)(=O)O)c2)n1.CCNCc1nc(N)nc(Nc2cccc(S(=O)(=O)O)c2)n1.CCNCc1nc(N)nc(Nc2cccc(S(=O)(=O)O)c2)n1.CCNCc1nc(NCCS(=O)(=O)O)nc(NCCS(=O)(=O)O)n1.O=S(=O)=O.O=S(=O)=O.O=S(=O)=O.O=S(=O)=O. The number of nitrogens with two attached hydrogens (primary N) is 4. The third-order valence-corrected chi connectivity index (χ3v) is 17.8. The van der Waals surface area contributed by atoms with E-state index in [0.717, 1.165) is 26.2 Å². The fourth-order valence-electron chi connectivity index (χ4n) is 8.17. The van der Waals surface area contributed by atoms with Crippen LogP contribution < -0.4 is 81.4 Å². The first kappa shape index (κ1) is 114. The van der Waals surface area contributed by atoms with Crippen LogP contribution in [0.4, 0.5) is 82.2 Å². The van der Waals surface area contributed by atoms with Crippen molar-refractivity contribution in [1.82, 2.24) is 101 Å². The number of nitrogen functional groups attached to an aromatic ring is 4. The van der Waals surface area contributed by atoms with Gasteiger partial charge in [0.15, 0.2) is 0 Å². The molecule has 9 aromatic rings. The summed E-state index contributed by atoms with van der Waals surface area (Å²) in [7, 11) is -37.8. The predicted octanol–water partition coefficient (Wildman–Crippen LogP) is -3.22.